The SMILES string of the molecule is CC(C)n1cnc2c(N[C@@H]3CCc4[nH]c5ccccc5c4C3)cc(-c3cncc(F)c3)nc21. The highest BCUT2D eigenvalue weighted by molar-refractivity contribution is 5.89. The van der Waals surface area contributed by atoms with Crippen LogP contribution in [0.15, 0.2) is 55.1 Å². The highest BCUT2D eigenvalue weighted by Crippen LogP contribution is 2.33. The summed E-state index contributed by atoms with van der Waals surface area (Å²) < 4.78 is 15.9. The summed E-state index contributed by atoms with van der Waals surface area (Å²) in [4.78, 5) is 17.1. The second kappa shape index (κ2) is 7.69. The molecule has 6 rings (SSSR count). The number of H-pyrrole nitrogens is 1. The van der Waals surface area contributed by atoms with Gasteiger partial charge in [-0.3, -0.25) is 4.98 Å². The van der Waals surface area contributed by atoms with Gasteiger partial charge in [-0.2, -0.15) is 0 Å². The van der Waals surface area contributed by atoms with E-state index in [1.807, 2.05) is 12.4 Å². The minimum atomic E-state index is -0.375. The van der Waals surface area contributed by atoms with Crippen LogP contribution >= 0.6 is 0 Å². The molecule has 33 heavy (non-hydrogen) atoms. The van der Waals surface area contributed by atoms with Crippen LogP contribution in [0.25, 0.3) is 33.3 Å². The monoisotopic (exact) mass is 440 g/mol. The molecule has 0 fully saturated rings. The number of halogens is 1. The van der Waals surface area contributed by atoms with E-state index < -0.39 is 0 Å². The average molecular weight is 441 g/mol. The largest absolute Gasteiger partial charge is 0.380 e. The Morgan fingerprint density at radius 3 is 2.91 bits per heavy atom. The number of aryl methyl sites for hydroxylation is 1. The third-order valence-electron chi connectivity index (χ3n) is 6.54. The van der Waals surface area contributed by atoms with E-state index >= 15 is 0 Å². The summed E-state index contributed by atoms with van der Waals surface area (Å²) in [5.41, 5.74) is 7.81. The Bertz CT molecular complexity index is 1480. The van der Waals surface area contributed by atoms with Gasteiger partial charge >= 0.3 is 0 Å². The molecule has 0 spiro atoms. The van der Waals surface area contributed by atoms with Crippen LogP contribution in [0.4, 0.5) is 10.1 Å². The third-order valence-corrected chi connectivity index (χ3v) is 6.54. The average Bonchev–Trinajstić information content (AvgIpc) is 3.41. The van der Waals surface area contributed by atoms with E-state index in [1.54, 1.807) is 6.20 Å². The minimum Gasteiger partial charge on any atom is -0.380 e. The lowest BCUT2D eigenvalue weighted by molar-refractivity contribution is 0.607. The molecule has 4 aromatic heterocycles. The summed E-state index contributed by atoms with van der Waals surface area (Å²) in [5.74, 6) is -0.375. The Labute approximate surface area is 190 Å². The number of para-hydroxylation sites is 1. The summed E-state index contributed by atoms with van der Waals surface area (Å²) in [6, 6.07) is 12.4. The number of imidazole rings is 1. The fraction of sp³-hybridized carbons (Fsp3) is 0.269. The normalized spacial score (nSPS) is 15.9. The summed E-state index contributed by atoms with van der Waals surface area (Å²) in [5, 5.41) is 5.05. The van der Waals surface area contributed by atoms with Gasteiger partial charge in [0.05, 0.1) is 23.9 Å². The van der Waals surface area contributed by atoms with Crippen molar-refractivity contribution < 1.29 is 4.39 Å². The Morgan fingerprint density at radius 1 is 1.18 bits per heavy atom. The van der Waals surface area contributed by atoms with Gasteiger partial charge in [0.25, 0.3) is 0 Å². The number of fused-ring (bicyclic) bond motifs is 4. The van der Waals surface area contributed by atoms with Crippen LogP contribution in [0.2, 0.25) is 0 Å². The Hall–Kier alpha value is -3.74. The molecule has 7 heteroatoms. The molecule has 1 aliphatic rings. The zero-order valence-corrected chi connectivity index (χ0v) is 18.6. The molecule has 1 atom stereocenters. The molecular formula is C26H25FN6. The molecule has 0 aliphatic heterocycles. The number of aromatic nitrogens is 5. The number of hydrogen-bond donors (Lipinski definition) is 2. The van der Waals surface area contributed by atoms with Crippen molar-refractivity contribution in [3.8, 4) is 11.3 Å². The Kier molecular flexibility index (Phi) is 4.64. The summed E-state index contributed by atoms with van der Waals surface area (Å²) in [6.45, 7) is 4.21. The van der Waals surface area contributed by atoms with Gasteiger partial charge < -0.3 is 14.9 Å². The van der Waals surface area contributed by atoms with E-state index in [-0.39, 0.29) is 17.9 Å². The topological polar surface area (TPSA) is 71.4 Å². The summed E-state index contributed by atoms with van der Waals surface area (Å²) >= 11 is 0. The van der Waals surface area contributed by atoms with Crippen LogP contribution in [0.1, 0.15) is 37.6 Å². The standard InChI is InChI=1S/C26H25FN6/c1-15(2)33-14-29-25-24(11-23(32-26(25)33)16-9-17(27)13-28-12-16)30-18-7-8-22-20(10-18)19-5-3-4-6-21(19)31-22/h3-6,9,11-15,18,31H,7-8,10H2,1-2H3,(H,30,32)/t18-/m1/s1. The van der Waals surface area contributed by atoms with E-state index in [2.05, 4.69) is 62.9 Å². The van der Waals surface area contributed by atoms with Gasteiger partial charge in [-0.15, -0.1) is 0 Å². The zero-order chi connectivity index (χ0) is 22.5. The quantitative estimate of drug-likeness (QED) is 0.378. The number of pyridine rings is 2. The maximum absolute atomic E-state index is 13.9. The number of nitrogens with zero attached hydrogens (tertiary/aromatic N) is 4. The number of rotatable bonds is 4. The van der Waals surface area contributed by atoms with Crippen LogP contribution in [0.3, 0.4) is 0 Å². The number of hydrogen-bond acceptors (Lipinski definition) is 4. The van der Waals surface area contributed by atoms with Gasteiger partial charge in [0, 0.05) is 40.4 Å². The lowest BCUT2D eigenvalue weighted by atomic mass is 9.91. The molecule has 1 aromatic carbocycles. The Morgan fingerprint density at radius 2 is 2.06 bits per heavy atom. The molecular weight excluding hydrogens is 415 g/mol. The number of benzene rings is 1. The second-order valence-corrected chi connectivity index (χ2v) is 9.08. The lowest BCUT2D eigenvalue weighted by Crippen LogP contribution is -2.27. The summed E-state index contributed by atoms with van der Waals surface area (Å²) in [6.07, 6.45) is 7.64. The van der Waals surface area contributed by atoms with Crippen LogP contribution < -0.4 is 5.32 Å². The summed E-state index contributed by atoms with van der Waals surface area (Å²) in [7, 11) is 0. The smallest absolute Gasteiger partial charge is 0.162 e. The molecule has 1 aliphatic carbocycles. The fourth-order valence-electron chi connectivity index (χ4n) is 4.91. The van der Waals surface area contributed by atoms with Crippen LogP contribution in [0.5, 0.6) is 0 Å². The van der Waals surface area contributed by atoms with Crippen LogP contribution in [-0.2, 0) is 12.8 Å². The first kappa shape index (κ1) is 19.9. The first-order valence-electron chi connectivity index (χ1n) is 11.4. The van der Waals surface area contributed by atoms with Gasteiger partial charge in [-0.25, -0.2) is 14.4 Å². The molecule has 0 saturated carbocycles. The van der Waals surface area contributed by atoms with E-state index in [0.29, 0.717) is 11.3 Å². The van der Waals surface area contributed by atoms with Crippen molar-refractivity contribution in [1.82, 2.24) is 24.5 Å². The Balaban J connectivity index is 1.41. The van der Waals surface area contributed by atoms with E-state index in [1.165, 1.54) is 34.4 Å². The zero-order valence-electron chi connectivity index (χ0n) is 18.6. The van der Waals surface area contributed by atoms with Gasteiger partial charge in [-0.1, -0.05) is 18.2 Å². The minimum absolute atomic E-state index is 0.208. The van der Waals surface area contributed by atoms with Crippen molar-refractivity contribution in [2.24, 2.45) is 0 Å². The van der Waals surface area contributed by atoms with Crippen molar-refractivity contribution in [2.45, 2.75) is 45.2 Å². The maximum Gasteiger partial charge on any atom is 0.162 e. The van der Waals surface area contributed by atoms with Gasteiger partial charge in [0.2, 0.25) is 0 Å². The van der Waals surface area contributed by atoms with Crippen molar-refractivity contribution in [2.75, 3.05) is 5.32 Å². The molecule has 0 amide bonds. The predicted octanol–water partition coefficient (Wildman–Crippen LogP) is 5.66. The first-order chi connectivity index (χ1) is 16.1. The van der Waals surface area contributed by atoms with Crippen LogP contribution in [0, 0.1) is 5.82 Å². The number of anilines is 1. The molecule has 6 nitrogen and oxygen atoms in total. The van der Waals surface area contributed by atoms with Crippen LogP contribution in [-0.4, -0.2) is 30.5 Å². The van der Waals surface area contributed by atoms with E-state index in [4.69, 9.17) is 4.98 Å². The third kappa shape index (κ3) is 3.44. The second-order valence-electron chi connectivity index (χ2n) is 9.08. The molecule has 2 N–H and O–H groups in total. The molecule has 166 valence electrons. The number of nitrogens with one attached hydrogen (secondary N) is 2. The van der Waals surface area contributed by atoms with Gasteiger partial charge in [0.1, 0.15) is 11.3 Å². The molecule has 4 heterocycles. The predicted molar refractivity (Wildman–Crippen MR) is 129 cm³/mol. The first-order valence-corrected chi connectivity index (χ1v) is 11.4. The van der Waals surface area contributed by atoms with Crippen molar-refractivity contribution >= 4 is 27.8 Å². The molecule has 0 radical (unpaired) electrons. The van der Waals surface area contributed by atoms with E-state index in [0.717, 1.165) is 36.1 Å². The molecule has 0 saturated heterocycles. The molecule has 5 aromatic rings. The lowest BCUT2D eigenvalue weighted by Gasteiger charge is -2.25. The number of aromatic amines is 1. The van der Waals surface area contributed by atoms with Crippen molar-refractivity contribution in [3.05, 3.63) is 72.2 Å². The molecule has 0 bridgehead atoms. The van der Waals surface area contributed by atoms with E-state index in [9.17, 15) is 4.39 Å². The fourth-order valence-corrected chi connectivity index (χ4v) is 4.91. The van der Waals surface area contributed by atoms with Crippen molar-refractivity contribution in [3.63, 3.8) is 0 Å². The van der Waals surface area contributed by atoms with Gasteiger partial charge in [-0.05, 0) is 56.9 Å². The molecule has 0 unspecified atom stereocenters. The maximum atomic E-state index is 13.9. The highest BCUT2D eigenvalue weighted by atomic mass is 19.1. The highest BCUT2D eigenvalue weighted by Gasteiger charge is 2.24. The van der Waals surface area contributed by atoms with Gasteiger partial charge in [0.15, 0.2) is 5.65 Å². The van der Waals surface area contributed by atoms with Crippen molar-refractivity contribution in [1.29, 1.82) is 0 Å².